The van der Waals surface area contributed by atoms with Gasteiger partial charge in [0.1, 0.15) is 0 Å². The maximum absolute atomic E-state index is 4.18. The van der Waals surface area contributed by atoms with Crippen LogP contribution in [0.4, 0.5) is 0 Å². The van der Waals surface area contributed by atoms with Crippen LogP contribution in [-0.2, 0) is 13.6 Å². The first kappa shape index (κ1) is 17.4. The molecular weight excluding hydrogens is 236 g/mol. The van der Waals surface area contributed by atoms with Crippen molar-refractivity contribution >= 4 is 0 Å². The molecule has 0 aliphatic carbocycles. The fourth-order valence-corrected chi connectivity index (χ4v) is 1.38. The van der Waals surface area contributed by atoms with Crippen molar-refractivity contribution in [3.8, 4) is 0 Å². The van der Waals surface area contributed by atoms with Crippen molar-refractivity contribution in [3.63, 3.8) is 0 Å². The van der Waals surface area contributed by atoms with Gasteiger partial charge in [0.05, 0.1) is 24.0 Å². The molecule has 108 valence electrons. The van der Waals surface area contributed by atoms with E-state index in [-0.39, 0.29) is 0 Å². The van der Waals surface area contributed by atoms with E-state index in [0.29, 0.717) is 5.92 Å². The Labute approximate surface area is 117 Å². The maximum Gasteiger partial charge on any atom is 0.0949 e. The van der Waals surface area contributed by atoms with E-state index in [0.717, 1.165) is 17.9 Å². The second kappa shape index (κ2) is 9.36. The van der Waals surface area contributed by atoms with Gasteiger partial charge in [0.2, 0.25) is 0 Å². The molecule has 0 radical (unpaired) electrons. The van der Waals surface area contributed by atoms with Crippen LogP contribution in [0.1, 0.15) is 51.9 Å². The number of rotatable bonds is 2. The van der Waals surface area contributed by atoms with Crippen molar-refractivity contribution in [2.75, 3.05) is 0 Å². The molecule has 0 fully saturated rings. The Balaban J connectivity index is 0.000000303. The van der Waals surface area contributed by atoms with Gasteiger partial charge in [0.15, 0.2) is 0 Å². The second-order valence-electron chi connectivity index (χ2n) is 4.46. The highest BCUT2D eigenvalue weighted by Crippen LogP contribution is 2.08. The van der Waals surface area contributed by atoms with Gasteiger partial charge < -0.3 is 9.13 Å². The van der Waals surface area contributed by atoms with E-state index in [1.807, 2.05) is 57.4 Å². The van der Waals surface area contributed by atoms with E-state index in [1.165, 1.54) is 0 Å². The lowest BCUT2D eigenvalue weighted by molar-refractivity contribution is 0.761. The van der Waals surface area contributed by atoms with E-state index < -0.39 is 0 Å². The molecule has 0 bridgehead atoms. The third-order valence-electron chi connectivity index (χ3n) is 2.44. The zero-order chi connectivity index (χ0) is 14.8. The largest absolute Gasteiger partial charge is 0.340 e. The fraction of sp³-hybridized carbons (Fsp3) is 0.600. The van der Waals surface area contributed by atoms with Crippen molar-refractivity contribution < 1.29 is 0 Å². The van der Waals surface area contributed by atoms with Gasteiger partial charge in [0.25, 0.3) is 0 Å². The van der Waals surface area contributed by atoms with Crippen LogP contribution in [0.15, 0.2) is 25.0 Å². The van der Waals surface area contributed by atoms with E-state index >= 15 is 0 Å². The maximum atomic E-state index is 4.18. The third kappa shape index (κ3) is 6.79. The monoisotopic (exact) mass is 264 g/mol. The Morgan fingerprint density at radius 3 is 1.95 bits per heavy atom. The Bertz CT molecular complexity index is 440. The van der Waals surface area contributed by atoms with E-state index in [9.17, 15) is 0 Å². The summed E-state index contributed by atoms with van der Waals surface area (Å²) < 4.78 is 4.02. The summed E-state index contributed by atoms with van der Waals surface area (Å²) in [4.78, 5) is 8.23. The molecule has 0 unspecified atom stereocenters. The van der Waals surface area contributed by atoms with Crippen molar-refractivity contribution in [3.05, 3.63) is 36.4 Å². The zero-order valence-corrected chi connectivity index (χ0v) is 13.4. The first-order valence-corrected chi connectivity index (χ1v) is 6.99. The number of hydrogen-bond acceptors (Lipinski definition) is 2. The number of hydrogen-bond donors (Lipinski definition) is 0. The van der Waals surface area contributed by atoms with Crippen molar-refractivity contribution in [1.82, 2.24) is 19.1 Å². The fourth-order valence-electron chi connectivity index (χ4n) is 1.38. The van der Waals surface area contributed by atoms with Crippen molar-refractivity contribution in [2.45, 2.75) is 54.0 Å². The topological polar surface area (TPSA) is 35.6 Å². The van der Waals surface area contributed by atoms with Gasteiger partial charge in [0, 0.05) is 26.0 Å². The summed E-state index contributed by atoms with van der Waals surface area (Å²) in [6.45, 7) is 13.4. The third-order valence-corrected chi connectivity index (χ3v) is 2.44. The normalized spacial score (nSPS) is 9.47. The smallest absolute Gasteiger partial charge is 0.0949 e. The standard InChI is InChI=1S/C7H12N2.C6H10N2.C2H6/c1-6(2)7-4-9(3)5-8-7;1-3-8-4-6(2)7-5-8;1-2/h4-6H,1-3H3;4-5H,3H2,1-2H3;1-2H3. The van der Waals surface area contributed by atoms with Crippen LogP contribution < -0.4 is 0 Å². The molecule has 0 N–H and O–H groups in total. The molecule has 2 heterocycles. The quantitative estimate of drug-likeness (QED) is 0.827. The average Bonchev–Trinajstić information content (AvgIpc) is 3.01. The molecule has 4 nitrogen and oxygen atoms in total. The summed E-state index contributed by atoms with van der Waals surface area (Å²) in [5.41, 5.74) is 2.25. The van der Waals surface area contributed by atoms with Crippen LogP contribution in [-0.4, -0.2) is 19.1 Å². The molecule has 0 amide bonds. The molecule has 19 heavy (non-hydrogen) atoms. The molecule has 2 aromatic heterocycles. The van der Waals surface area contributed by atoms with Crippen molar-refractivity contribution in [2.24, 2.45) is 7.05 Å². The number of nitrogens with zero attached hydrogens (tertiary/aromatic N) is 4. The highest BCUT2D eigenvalue weighted by atomic mass is 15.0. The molecule has 0 aliphatic heterocycles. The predicted molar refractivity (Wildman–Crippen MR) is 81.3 cm³/mol. The Kier molecular flexibility index (Phi) is 8.58. The Morgan fingerprint density at radius 1 is 1.11 bits per heavy atom. The summed E-state index contributed by atoms with van der Waals surface area (Å²) in [6, 6.07) is 0. The summed E-state index contributed by atoms with van der Waals surface area (Å²) in [5, 5.41) is 0. The highest BCUT2D eigenvalue weighted by molar-refractivity contribution is 5.00. The minimum absolute atomic E-state index is 0.547. The van der Waals surface area contributed by atoms with Crippen LogP contribution >= 0.6 is 0 Å². The molecule has 0 saturated heterocycles. The van der Waals surface area contributed by atoms with Crippen molar-refractivity contribution in [1.29, 1.82) is 0 Å². The van der Waals surface area contributed by atoms with Crippen LogP contribution in [0, 0.1) is 6.92 Å². The first-order chi connectivity index (χ1) is 9.02. The van der Waals surface area contributed by atoms with Crippen LogP contribution in [0.2, 0.25) is 0 Å². The summed E-state index contributed by atoms with van der Waals surface area (Å²) in [7, 11) is 1.98. The molecule has 2 rings (SSSR count). The van der Waals surface area contributed by atoms with Gasteiger partial charge in [-0.15, -0.1) is 0 Å². The molecule has 0 atom stereocenters. The minimum atomic E-state index is 0.547. The molecule has 0 saturated carbocycles. The molecule has 2 aromatic rings. The lowest BCUT2D eigenvalue weighted by atomic mass is 10.2. The van der Waals surface area contributed by atoms with E-state index in [2.05, 4.69) is 35.3 Å². The molecule has 0 spiro atoms. The van der Waals surface area contributed by atoms with Crippen LogP contribution in [0.25, 0.3) is 0 Å². The van der Waals surface area contributed by atoms with Gasteiger partial charge in [-0.3, -0.25) is 0 Å². The van der Waals surface area contributed by atoms with Gasteiger partial charge in [-0.2, -0.15) is 0 Å². The summed E-state index contributed by atoms with van der Waals surface area (Å²) >= 11 is 0. The van der Waals surface area contributed by atoms with E-state index in [1.54, 1.807) is 0 Å². The minimum Gasteiger partial charge on any atom is -0.340 e. The van der Waals surface area contributed by atoms with E-state index in [4.69, 9.17) is 0 Å². The van der Waals surface area contributed by atoms with Crippen LogP contribution in [0.5, 0.6) is 0 Å². The number of aryl methyl sites for hydroxylation is 3. The number of imidazole rings is 2. The van der Waals surface area contributed by atoms with Crippen LogP contribution in [0.3, 0.4) is 0 Å². The lowest BCUT2D eigenvalue weighted by Gasteiger charge is -1.95. The lowest BCUT2D eigenvalue weighted by Crippen LogP contribution is -1.86. The van der Waals surface area contributed by atoms with Gasteiger partial charge in [-0.05, 0) is 19.8 Å². The Morgan fingerprint density at radius 2 is 1.74 bits per heavy atom. The highest BCUT2D eigenvalue weighted by Gasteiger charge is 1.99. The van der Waals surface area contributed by atoms with Gasteiger partial charge >= 0.3 is 0 Å². The summed E-state index contributed by atoms with van der Waals surface area (Å²) in [5.74, 6) is 0.547. The summed E-state index contributed by atoms with van der Waals surface area (Å²) in [6.07, 6.45) is 7.75. The first-order valence-electron chi connectivity index (χ1n) is 6.99. The zero-order valence-electron chi connectivity index (χ0n) is 13.4. The SMILES string of the molecule is CC.CC(C)c1cn(C)cn1.CCn1cnc(C)c1. The Hall–Kier alpha value is -1.58. The molecule has 0 aromatic carbocycles. The van der Waals surface area contributed by atoms with Gasteiger partial charge in [-0.25, -0.2) is 9.97 Å². The molecule has 0 aliphatic rings. The second-order valence-corrected chi connectivity index (χ2v) is 4.46. The number of aromatic nitrogens is 4. The van der Waals surface area contributed by atoms with Gasteiger partial charge in [-0.1, -0.05) is 27.7 Å². The molecular formula is C15H28N4. The predicted octanol–water partition coefficient (Wildman–Crippen LogP) is 3.78. The average molecular weight is 264 g/mol. The molecule has 4 heteroatoms.